The Morgan fingerprint density at radius 3 is 2.67 bits per heavy atom. The van der Waals surface area contributed by atoms with Crippen molar-refractivity contribution in [3.63, 3.8) is 0 Å². The number of nitrogens with one attached hydrogen (secondary N) is 2. The molecule has 0 radical (unpaired) electrons. The number of halogens is 1. The minimum Gasteiger partial charge on any atom is -0.366 e. The average Bonchev–Trinajstić information content (AvgIpc) is 2.69. The molecular formula is C11H11FN2S. The minimum atomic E-state index is -0.206. The smallest absolute Gasteiger partial charge is 0.126 e. The predicted molar refractivity (Wildman–Crippen MR) is 61.9 cm³/mol. The van der Waals surface area contributed by atoms with Crippen LogP contribution in [0, 0.1) is 5.82 Å². The Kier molecular flexibility index (Phi) is 2.97. The van der Waals surface area contributed by atoms with E-state index < -0.39 is 0 Å². The van der Waals surface area contributed by atoms with Crippen molar-refractivity contribution in [3.05, 3.63) is 47.5 Å². The number of hydrogen-bond donors (Lipinski definition) is 2. The zero-order chi connectivity index (χ0) is 10.7. The summed E-state index contributed by atoms with van der Waals surface area (Å²) in [5.41, 5.74) is 2.13. The summed E-state index contributed by atoms with van der Waals surface area (Å²) in [7, 11) is 0. The van der Waals surface area contributed by atoms with Gasteiger partial charge in [0.2, 0.25) is 0 Å². The summed E-state index contributed by atoms with van der Waals surface area (Å²) in [5.74, 6) is -0.206. The van der Waals surface area contributed by atoms with Crippen molar-refractivity contribution in [2.24, 2.45) is 0 Å². The molecule has 0 amide bonds. The quantitative estimate of drug-likeness (QED) is 0.762. The van der Waals surface area contributed by atoms with E-state index in [-0.39, 0.29) is 12.0 Å². The minimum absolute atomic E-state index is 0.0375. The molecule has 0 aliphatic carbocycles. The molecule has 78 valence electrons. The van der Waals surface area contributed by atoms with E-state index in [0.29, 0.717) is 0 Å². The number of benzene rings is 1. The van der Waals surface area contributed by atoms with Gasteiger partial charge < -0.3 is 10.6 Å². The van der Waals surface area contributed by atoms with Crippen molar-refractivity contribution in [2.45, 2.75) is 12.6 Å². The molecule has 1 aromatic rings. The van der Waals surface area contributed by atoms with Crippen LogP contribution in [0.2, 0.25) is 0 Å². The molecule has 1 atom stereocenters. The molecule has 4 heteroatoms. The number of rotatable bonds is 3. The van der Waals surface area contributed by atoms with E-state index in [4.69, 9.17) is 12.2 Å². The number of hydrogen-bond acceptors (Lipinski definition) is 3. The van der Waals surface area contributed by atoms with Gasteiger partial charge in [0.25, 0.3) is 0 Å². The topological polar surface area (TPSA) is 24.1 Å². The highest BCUT2D eigenvalue weighted by atomic mass is 32.1. The zero-order valence-electron chi connectivity index (χ0n) is 8.03. The molecule has 2 rings (SSSR count). The van der Waals surface area contributed by atoms with Gasteiger partial charge in [0.15, 0.2) is 0 Å². The van der Waals surface area contributed by atoms with Gasteiger partial charge in [-0.05, 0) is 17.7 Å². The van der Waals surface area contributed by atoms with Gasteiger partial charge in [0.1, 0.15) is 12.0 Å². The van der Waals surface area contributed by atoms with Crippen LogP contribution in [0.1, 0.15) is 5.56 Å². The molecule has 1 heterocycles. The van der Waals surface area contributed by atoms with Crippen LogP contribution in [0.15, 0.2) is 36.2 Å². The summed E-state index contributed by atoms with van der Waals surface area (Å²) in [6.07, 6.45) is 2.69. The maximum absolute atomic E-state index is 12.7. The van der Waals surface area contributed by atoms with Crippen molar-refractivity contribution in [2.75, 3.05) is 0 Å². The first-order valence-electron chi connectivity index (χ1n) is 4.69. The standard InChI is InChI=1S/C11H11FN2S/c12-9-3-1-8(2-4-9)5-10-6-13-11(7-15)14-10/h1-4,6-7,11,13-14H,5H2. The summed E-state index contributed by atoms with van der Waals surface area (Å²) in [5, 5.41) is 7.91. The van der Waals surface area contributed by atoms with Crippen molar-refractivity contribution in [3.8, 4) is 0 Å². The largest absolute Gasteiger partial charge is 0.366 e. The summed E-state index contributed by atoms with van der Waals surface area (Å²) in [4.78, 5) is 0. The van der Waals surface area contributed by atoms with E-state index in [9.17, 15) is 4.39 Å². The third kappa shape index (κ3) is 2.53. The fourth-order valence-corrected chi connectivity index (χ4v) is 1.62. The van der Waals surface area contributed by atoms with Gasteiger partial charge in [-0.2, -0.15) is 0 Å². The van der Waals surface area contributed by atoms with E-state index in [0.717, 1.165) is 17.7 Å². The first-order valence-corrected chi connectivity index (χ1v) is 5.16. The van der Waals surface area contributed by atoms with Crippen molar-refractivity contribution in [1.82, 2.24) is 10.6 Å². The Balaban J connectivity index is 1.98. The highest BCUT2D eigenvalue weighted by Gasteiger charge is 2.11. The van der Waals surface area contributed by atoms with Gasteiger partial charge in [-0.15, -0.1) is 0 Å². The molecule has 15 heavy (non-hydrogen) atoms. The van der Waals surface area contributed by atoms with Crippen LogP contribution in [0.3, 0.4) is 0 Å². The highest BCUT2D eigenvalue weighted by molar-refractivity contribution is 7.79. The normalized spacial score (nSPS) is 19.0. The fourth-order valence-electron chi connectivity index (χ4n) is 1.47. The van der Waals surface area contributed by atoms with Gasteiger partial charge in [-0.1, -0.05) is 24.4 Å². The van der Waals surface area contributed by atoms with Crippen LogP contribution < -0.4 is 10.6 Å². The number of thiocarbonyl (C=S) groups is 1. The average molecular weight is 222 g/mol. The second-order valence-electron chi connectivity index (χ2n) is 3.40. The molecular weight excluding hydrogens is 211 g/mol. The Labute approximate surface area is 93.2 Å². The molecule has 1 aliphatic heterocycles. The van der Waals surface area contributed by atoms with Crippen LogP contribution in [0.4, 0.5) is 4.39 Å². The molecule has 1 aromatic carbocycles. The van der Waals surface area contributed by atoms with Gasteiger partial charge in [0, 0.05) is 23.7 Å². The molecule has 1 aliphatic rings. The summed E-state index contributed by atoms with van der Waals surface area (Å²) >= 11 is 4.81. The van der Waals surface area contributed by atoms with E-state index in [1.54, 1.807) is 17.5 Å². The SMILES string of the molecule is Fc1ccc(CC2=CNC(C=S)N2)cc1. The third-order valence-corrected chi connectivity index (χ3v) is 2.49. The second kappa shape index (κ2) is 4.40. The zero-order valence-corrected chi connectivity index (χ0v) is 8.85. The van der Waals surface area contributed by atoms with Gasteiger partial charge in [-0.25, -0.2) is 4.39 Å². The molecule has 0 saturated heterocycles. The summed E-state index contributed by atoms with van der Waals surface area (Å²) in [6.45, 7) is 0. The molecule has 0 saturated carbocycles. The first-order chi connectivity index (χ1) is 7.28. The Bertz CT molecular complexity index is 386. The summed E-state index contributed by atoms with van der Waals surface area (Å²) < 4.78 is 12.7. The Hall–Kier alpha value is -1.42. The van der Waals surface area contributed by atoms with Crippen LogP contribution in [-0.2, 0) is 6.42 Å². The van der Waals surface area contributed by atoms with Crippen molar-refractivity contribution < 1.29 is 4.39 Å². The summed E-state index contributed by atoms with van der Waals surface area (Å²) in [6, 6.07) is 6.50. The molecule has 0 aromatic heterocycles. The molecule has 0 fully saturated rings. The lowest BCUT2D eigenvalue weighted by atomic mass is 10.1. The van der Waals surface area contributed by atoms with Crippen molar-refractivity contribution >= 4 is 17.6 Å². The lowest BCUT2D eigenvalue weighted by molar-refractivity contribution is 0.627. The lowest BCUT2D eigenvalue weighted by Crippen LogP contribution is -2.32. The molecule has 2 N–H and O–H groups in total. The van der Waals surface area contributed by atoms with Crippen LogP contribution in [0.25, 0.3) is 0 Å². The molecule has 0 spiro atoms. The lowest BCUT2D eigenvalue weighted by Gasteiger charge is -2.07. The van der Waals surface area contributed by atoms with E-state index in [1.807, 2.05) is 6.20 Å². The van der Waals surface area contributed by atoms with Crippen LogP contribution in [0.5, 0.6) is 0 Å². The Morgan fingerprint density at radius 2 is 2.07 bits per heavy atom. The molecule has 1 unspecified atom stereocenters. The van der Waals surface area contributed by atoms with Gasteiger partial charge >= 0.3 is 0 Å². The van der Waals surface area contributed by atoms with Gasteiger partial charge in [0.05, 0.1) is 0 Å². The van der Waals surface area contributed by atoms with Gasteiger partial charge in [-0.3, -0.25) is 0 Å². The number of allylic oxidation sites excluding steroid dienone is 1. The van der Waals surface area contributed by atoms with E-state index >= 15 is 0 Å². The molecule has 0 bridgehead atoms. The second-order valence-corrected chi connectivity index (χ2v) is 3.67. The Morgan fingerprint density at radius 1 is 1.33 bits per heavy atom. The molecule has 2 nitrogen and oxygen atoms in total. The van der Waals surface area contributed by atoms with Crippen LogP contribution in [-0.4, -0.2) is 11.5 Å². The third-order valence-electron chi connectivity index (χ3n) is 2.22. The fraction of sp³-hybridized carbons (Fsp3) is 0.182. The maximum Gasteiger partial charge on any atom is 0.126 e. The van der Waals surface area contributed by atoms with E-state index in [2.05, 4.69) is 10.6 Å². The monoisotopic (exact) mass is 222 g/mol. The van der Waals surface area contributed by atoms with Crippen molar-refractivity contribution in [1.29, 1.82) is 0 Å². The van der Waals surface area contributed by atoms with Crippen LogP contribution >= 0.6 is 12.2 Å². The first kappa shape index (κ1) is 10.1. The maximum atomic E-state index is 12.7. The predicted octanol–water partition coefficient (Wildman–Crippen LogP) is 1.73. The highest BCUT2D eigenvalue weighted by Crippen LogP contribution is 2.09. The van der Waals surface area contributed by atoms with E-state index in [1.165, 1.54) is 12.1 Å².